The van der Waals surface area contributed by atoms with Crippen molar-refractivity contribution in [1.29, 1.82) is 0 Å². The number of hydrogen-bond donors (Lipinski definition) is 2. The number of aromatic nitrogens is 2. The summed E-state index contributed by atoms with van der Waals surface area (Å²) in [5.41, 5.74) is 1.83. The van der Waals surface area contributed by atoms with Crippen molar-refractivity contribution in [3.05, 3.63) is 57.5 Å². The topological polar surface area (TPSA) is 110 Å². The van der Waals surface area contributed by atoms with Gasteiger partial charge in [0.15, 0.2) is 10.3 Å². The van der Waals surface area contributed by atoms with Crippen molar-refractivity contribution in [3.63, 3.8) is 0 Å². The van der Waals surface area contributed by atoms with E-state index in [1.807, 2.05) is 6.07 Å². The smallest absolute Gasteiger partial charge is 0.311 e. The highest BCUT2D eigenvalue weighted by Gasteiger charge is 2.31. The number of carbonyl (C=O) groups is 3. The molecule has 1 unspecified atom stereocenters. The summed E-state index contributed by atoms with van der Waals surface area (Å²) in [5, 5.41) is 8.36. The third kappa shape index (κ3) is 5.20. The first-order valence-corrected chi connectivity index (χ1v) is 12.0. The van der Waals surface area contributed by atoms with Crippen LogP contribution in [0.1, 0.15) is 52.3 Å². The van der Waals surface area contributed by atoms with Crippen LogP contribution in [0.15, 0.2) is 35.7 Å². The second-order valence-corrected chi connectivity index (χ2v) is 9.15. The van der Waals surface area contributed by atoms with Gasteiger partial charge in [0.05, 0.1) is 30.3 Å². The zero-order valence-electron chi connectivity index (χ0n) is 17.4. The number of aryl methyl sites for hydroxylation is 1. The summed E-state index contributed by atoms with van der Waals surface area (Å²) in [5.74, 6) is -1.17. The first-order valence-electron chi connectivity index (χ1n) is 10.3. The van der Waals surface area contributed by atoms with Crippen LogP contribution >= 0.6 is 22.7 Å². The Morgan fingerprint density at radius 3 is 2.72 bits per heavy atom. The molecule has 8 nitrogen and oxygen atoms in total. The molecular formula is C22H22N4O4S2. The van der Waals surface area contributed by atoms with E-state index >= 15 is 0 Å². The van der Waals surface area contributed by atoms with Gasteiger partial charge in [-0.15, -0.1) is 22.7 Å². The van der Waals surface area contributed by atoms with Crippen LogP contribution in [0.25, 0.3) is 0 Å². The molecule has 3 aromatic rings. The Balaban J connectivity index is 1.43. The van der Waals surface area contributed by atoms with Gasteiger partial charge in [0.1, 0.15) is 0 Å². The molecule has 0 bridgehead atoms. The zero-order chi connectivity index (χ0) is 22.5. The molecule has 2 N–H and O–H groups in total. The molecule has 0 fully saturated rings. The summed E-state index contributed by atoms with van der Waals surface area (Å²) in [6, 6.07) is 8.94. The predicted octanol–water partition coefficient (Wildman–Crippen LogP) is 4.02. The van der Waals surface area contributed by atoms with E-state index in [0.29, 0.717) is 40.2 Å². The third-order valence-electron chi connectivity index (χ3n) is 4.94. The Kier molecular flexibility index (Phi) is 6.91. The van der Waals surface area contributed by atoms with Crippen molar-refractivity contribution in [2.24, 2.45) is 0 Å². The Morgan fingerprint density at radius 1 is 1.12 bits per heavy atom. The summed E-state index contributed by atoms with van der Waals surface area (Å²) in [4.78, 5) is 46.9. The predicted molar refractivity (Wildman–Crippen MR) is 123 cm³/mol. The number of rotatable bonds is 7. The van der Waals surface area contributed by atoms with Gasteiger partial charge in [0.25, 0.3) is 5.91 Å². The fraction of sp³-hybridized carbons (Fsp3) is 0.318. The highest BCUT2D eigenvalue weighted by molar-refractivity contribution is 7.16. The van der Waals surface area contributed by atoms with Crippen LogP contribution in [0, 0.1) is 0 Å². The maximum absolute atomic E-state index is 13.0. The van der Waals surface area contributed by atoms with Gasteiger partial charge < -0.3 is 10.1 Å². The first-order chi connectivity index (χ1) is 15.5. The van der Waals surface area contributed by atoms with Crippen molar-refractivity contribution in [3.8, 4) is 0 Å². The normalized spacial score (nSPS) is 15.0. The van der Waals surface area contributed by atoms with Crippen LogP contribution in [0.3, 0.4) is 0 Å². The van der Waals surface area contributed by atoms with Crippen LogP contribution in [-0.2, 0) is 27.2 Å². The molecule has 0 aliphatic heterocycles. The number of fused-ring (bicyclic) bond motifs is 1. The molecule has 2 amide bonds. The minimum absolute atomic E-state index is 0.0738. The summed E-state index contributed by atoms with van der Waals surface area (Å²) in [6.45, 7) is 2.07. The van der Waals surface area contributed by atoms with Crippen LogP contribution in [0.4, 0.5) is 10.3 Å². The van der Waals surface area contributed by atoms with Gasteiger partial charge in [-0.25, -0.2) is 9.97 Å². The molecule has 32 heavy (non-hydrogen) atoms. The molecule has 4 rings (SSSR count). The molecule has 1 atom stereocenters. The van der Waals surface area contributed by atoms with E-state index in [9.17, 15) is 14.4 Å². The third-order valence-corrected chi connectivity index (χ3v) is 6.79. The van der Waals surface area contributed by atoms with Gasteiger partial charge in [-0.3, -0.25) is 19.7 Å². The number of nitrogens with one attached hydrogen (secondary N) is 2. The first kappa shape index (κ1) is 22.1. The maximum atomic E-state index is 13.0. The van der Waals surface area contributed by atoms with Crippen LogP contribution in [0.2, 0.25) is 0 Å². The molecule has 0 spiro atoms. The average molecular weight is 471 g/mol. The average Bonchev–Trinajstić information content (AvgIpc) is 3.40. The number of thiazole rings is 2. The highest BCUT2D eigenvalue weighted by Crippen LogP contribution is 2.37. The number of ether oxygens (including phenoxy) is 1. The van der Waals surface area contributed by atoms with Gasteiger partial charge in [-0.05, 0) is 38.3 Å². The molecule has 2 aromatic heterocycles. The molecule has 0 saturated heterocycles. The lowest BCUT2D eigenvalue weighted by Gasteiger charge is -2.19. The molecule has 1 aromatic carbocycles. The van der Waals surface area contributed by atoms with Crippen molar-refractivity contribution in [2.45, 2.75) is 38.5 Å². The maximum Gasteiger partial charge on any atom is 0.311 e. The quantitative estimate of drug-likeness (QED) is 0.505. The van der Waals surface area contributed by atoms with E-state index < -0.39 is 5.92 Å². The van der Waals surface area contributed by atoms with Crippen molar-refractivity contribution >= 4 is 50.7 Å². The number of anilines is 2. The summed E-state index contributed by atoms with van der Waals surface area (Å²) in [6.07, 6.45) is 2.45. The van der Waals surface area contributed by atoms with Gasteiger partial charge >= 0.3 is 5.97 Å². The lowest BCUT2D eigenvalue weighted by atomic mass is 9.90. The van der Waals surface area contributed by atoms with Crippen LogP contribution in [0.5, 0.6) is 0 Å². The Labute approximate surface area is 193 Å². The van der Waals surface area contributed by atoms with Crippen molar-refractivity contribution < 1.29 is 19.1 Å². The van der Waals surface area contributed by atoms with E-state index in [4.69, 9.17) is 4.74 Å². The molecule has 0 radical (unpaired) electrons. The summed E-state index contributed by atoms with van der Waals surface area (Å²) >= 11 is 2.68. The van der Waals surface area contributed by atoms with Crippen molar-refractivity contribution in [1.82, 2.24) is 9.97 Å². The zero-order valence-corrected chi connectivity index (χ0v) is 19.1. The fourth-order valence-corrected chi connectivity index (χ4v) is 5.26. The van der Waals surface area contributed by atoms with Gasteiger partial charge in [0, 0.05) is 15.8 Å². The van der Waals surface area contributed by atoms with E-state index in [-0.39, 0.29) is 24.2 Å². The molecule has 2 heterocycles. The van der Waals surface area contributed by atoms with Crippen LogP contribution in [-0.4, -0.2) is 34.4 Å². The second kappa shape index (κ2) is 10.0. The monoisotopic (exact) mass is 470 g/mol. The number of hydrogen-bond acceptors (Lipinski definition) is 8. The molecule has 166 valence electrons. The van der Waals surface area contributed by atoms with E-state index in [0.717, 1.165) is 17.7 Å². The minimum Gasteiger partial charge on any atom is -0.466 e. The van der Waals surface area contributed by atoms with Gasteiger partial charge in [-0.2, -0.15) is 0 Å². The van der Waals surface area contributed by atoms with E-state index in [1.165, 1.54) is 22.7 Å². The van der Waals surface area contributed by atoms with Crippen LogP contribution < -0.4 is 10.6 Å². The Hall–Kier alpha value is -3.11. The molecule has 1 aliphatic rings. The largest absolute Gasteiger partial charge is 0.466 e. The lowest BCUT2D eigenvalue weighted by molar-refractivity contribution is -0.142. The summed E-state index contributed by atoms with van der Waals surface area (Å²) in [7, 11) is 0. The second-order valence-electron chi connectivity index (χ2n) is 7.21. The number of amides is 2. The number of nitrogens with zero attached hydrogens (tertiary/aromatic N) is 2. The number of benzene rings is 1. The van der Waals surface area contributed by atoms with E-state index in [1.54, 1.807) is 36.6 Å². The van der Waals surface area contributed by atoms with Gasteiger partial charge in [-0.1, -0.05) is 18.2 Å². The minimum atomic E-state index is -0.408. The highest BCUT2D eigenvalue weighted by atomic mass is 32.1. The molecule has 0 saturated carbocycles. The number of esters is 1. The van der Waals surface area contributed by atoms with E-state index in [2.05, 4.69) is 20.6 Å². The SMILES string of the molecule is CCOC(=O)Cc1csc(NC(=O)C2CCCc3sc(NC(=O)c4ccccc4)nc32)n1. The number of carbonyl (C=O) groups excluding carboxylic acids is 3. The van der Waals surface area contributed by atoms with Gasteiger partial charge in [0.2, 0.25) is 5.91 Å². The Bertz CT molecular complexity index is 1130. The molecular weight excluding hydrogens is 448 g/mol. The molecule has 10 heteroatoms. The Morgan fingerprint density at radius 2 is 1.94 bits per heavy atom. The summed E-state index contributed by atoms with van der Waals surface area (Å²) < 4.78 is 4.93. The van der Waals surface area contributed by atoms with Crippen molar-refractivity contribution in [2.75, 3.05) is 17.2 Å². The molecule has 1 aliphatic carbocycles. The lowest BCUT2D eigenvalue weighted by Crippen LogP contribution is -2.24. The fourth-order valence-electron chi connectivity index (χ4n) is 3.48. The standard InChI is InChI=1S/C22H22N4O4S2/c1-2-30-17(27)11-14-12-31-21(23-14)26-20(29)15-9-6-10-16-18(15)24-22(32-16)25-19(28)13-7-4-3-5-8-13/h3-5,7-8,12,15H,2,6,9-11H2,1H3,(H,23,26,29)(H,24,25,28).